The van der Waals surface area contributed by atoms with Gasteiger partial charge in [0.2, 0.25) is 5.95 Å². The van der Waals surface area contributed by atoms with Crippen molar-refractivity contribution in [3.05, 3.63) is 18.7 Å². The summed E-state index contributed by atoms with van der Waals surface area (Å²) in [7, 11) is 0. The van der Waals surface area contributed by atoms with E-state index in [4.69, 9.17) is 4.98 Å². The zero-order valence-electron chi connectivity index (χ0n) is 14.1. The van der Waals surface area contributed by atoms with E-state index in [0.29, 0.717) is 18.4 Å². The molecule has 2 atom stereocenters. The number of nitrogens with zero attached hydrogens (tertiary/aromatic N) is 6. The van der Waals surface area contributed by atoms with Gasteiger partial charge in [-0.15, -0.1) is 5.10 Å². The van der Waals surface area contributed by atoms with Crippen LogP contribution in [0.2, 0.25) is 0 Å². The van der Waals surface area contributed by atoms with Crippen LogP contribution in [0, 0.1) is 5.92 Å². The highest BCUT2D eigenvalue weighted by Crippen LogP contribution is 2.46. The Morgan fingerprint density at radius 1 is 1.27 bits per heavy atom. The Balaban J connectivity index is 1.48. The van der Waals surface area contributed by atoms with Crippen LogP contribution in [0.25, 0.3) is 16.9 Å². The molecular formula is C17H19FN8. The summed E-state index contributed by atoms with van der Waals surface area (Å²) in [4.78, 5) is 11.8. The fourth-order valence-electron chi connectivity index (χ4n) is 4.35. The molecule has 8 nitrogen and oxygen atoms in total. The average molecular weight is 354 g/mol. The topological polar surface area (TPSA) is 87.0 Å². The van der Waals surface area contributed by atoms with Gasteiger partial charge in [-0.05, 0) is 31.6 Å². The van der Waals surface area contributed by atoms with Crippen molar-refractivity contribution in [3.8, 4) is 11.3 Å². The lowest BCUT2D eigenvalue weighted by atomic mass is 9.86. The maximum Gasteiger partial charge on any atom is 0.243 e. The summed E-state index contributed by atoms with van der Waals surface area (Å²) in [5, 5.41) is 14.5. The Kier molecular flexibility index (Phi) is 2.86. The Morgan fingerprint density at radius 2 is 2.19 bits per heavy atom. The lowest BCUT2D eigenvalue weighted by molar-refractivity contribution is 0.186. The third kappa shape index (κ3) is 1.99. The summed E-state index contributed by atoms with van der Waals surface area (Å²) in [5.41, 5.74) is 3.57. The second-order valence-corrected chi connectivity index (χ2v) is 7.62. The van der Waals surface area contributed by atoms with E-state index in [1.54, 1.807) is 17.0 Å². The number of hydrogen-bond acceptors (Lipinski definition) is 6. The summed E-state index contributed by atoms with van der Waals surface area (Å²) in [5.74, 6) is 1.23. The monoisotopic (exact) mass is 354 g/mol. The van der Waals surface area contributed by atoms with Crippen molar-refractivity contribution in [3.63, 3.8) is 0 Å². The van der Waals surface area contributed by atoms with Crippen LogP contribution in [0.5, 0.6) is 0 Å². The van der Waals surface area contributed by atoms with Crippen LogP contribution in [0.4, 0.5) is 16.0 Å². The van der Waals surface area contributed by atoms with Crippen molar-refractivity contribution in [1.82, 2.24) is 29.8 Å². The van der Waals surface area contributed by atoms with Gasteiger partial charge < -0.3 is 10.2 Å². The van der Waals surface area contributed by atoms with Crippen molar-refractivity contribution >= 4 is 17.3 Å². The highest BCUT2D eigenvalue weighted by atomic mass is 19.1. The van der Waals surface area contributed by atoms with Crippen molar-refractivity contribution < 1.29 is 4.39 Å². The first-order valence-corrected chi connectivity index (χ1v) is 9.18. The molecule has 7 rings (SSSR count). The van der Waals surface area contributed by atoms with E-state index in [9.17, 15) is 4.39 Å². The van der Waals surface area contributed by atoms with Gasteiger partial charge in [0.25, 0.3) is 0 Å². The number of aromatic amines is 1. The molecule has 9 heteroatoms. The van der Waals surface area contributed by atoms with Crippen molar-refractivity contribution in [2.24, 2.45) is 5.92 Å². The third-order valence-corrected chi connectivity index (χ3v) is 6.03. The van der Waals surface area contributed by atoms with Gasteiger partial charge in [0.05, 0.1) is 12.2 Å². The SMILES string of the molecule is FC1CCC1Nc1nc2c(N3CC4CC3C4)c(-c3cn[nH]c3)ncn2n1. The molecule has 4 fully saturated rings. The smallest absolute Gasteiger partial charge is 0.243 e. The second kappa shape index (κ2) is 5.15. The molecule has 0 aromatic carbocycles. The lowest BCUT2D eigenvalue weighted by Gasteiger charge is -2.30. The quantitative estimate of drug-likeness (QED) is 0.745. The number of halogens is 1. The normalized spacial score (nSPS) is 29.7. The van der Waals surface area contributed by atoms with Crippen molar-refractivity contribution in [2.45, 2.75) is 43.9 Å². The van der Waals surface area contributed by atoms with Crippen LogP contribution >= 0.6 is 0 Å². The van der Waals surface area contributed by atoms with Gasteiger partial charge in [-0.1, -0.05) is 0 Å². The molecule has 2 saturated heterocycles. The van der Waals surface area contributed by atoms with Gasteiger partial charge in [0.1, 0.15) is 23.9 Å². The van der Waals surface area contributed by atoms with E-state index in [1.165, 1.54) is 12.8 Å². The number of fused-ring (bicyclic) bond motifs is 2. The van der Waals surface area contributed by atoms with Crippen molar-refractivity contribution in [1.29, 1.82) is 0 Å². The zero-order chi connectivity index (χ0) is 17.3. The van der Waals surface area contributed by atoms with Gasteiger partial charge in [-0.2, -0.15) is 14.6 Å². The first-order chi connectivity index (χ1) is 12.8. The number of rotatable bonds is 4. The van der Waals surface area contributed by atoms with Gasteiger partial charge in [0.15, 0.2) is 5.65 Å². The minimum atomic E-state index is -0.813. The predicted molar refractivity (Wildman–Crippen MR) is 93.8 cm³/mol. The highest BCUT2D eigenvalue weighted by Gasteiger charge is 2.44. The minimum absolute atomic E-state index is 0.184. The molecule has 26 heavy (non-hydrogen) atoms. The number of H-pyrrole nitrogens is 1. The molecular weight excluding hydrogens is 335 g/mol. The summed E-state index contributed by atoms with van der Waals surface area (Å²) < 4.78 is 15.3. The Hall–Kier alpha value is -2.71. The molecule has 0 amide bonds. The summed E-state index contributed by atoms with van der Waals surface area (Å²) in [6.45, 7) is 1.03. The first-order valence-electron chi connectivity index (χ1n) is 9.18. The van der Waals surface area contributed by atoms with E-state index >= 15 is 0 Å². The van der Waals surface area contributed by atoms with E-state index in [1.807, 2.05) is 6.20 Å². The average Bonchev–Trinajstić information content (AvgIpc) is 3.38. The molecule has 2 aliphatic carbocycles. The molecule has 2 unspecified atom stereocenters. The highest BCUT2D eigenvalue weighted by molar-refractivity contribution is 5.85. The molecule has 2 N–H and O–H groups in total. The standard InChI is InChI=1S/C17H19FN8/c18-12-1-2-13(12)22-17-23-16-15(25-7-9-3-11(25)4-9)14(10-5-20-21-6-10)19-8-26(16)24-17/h5-6,8-9,11-13H,1-4,7H2,(H,20,21)(H,22,24). The van der Waals surface area contributed by atoms with Crippen LogP contribution in [-0.4, -0.2) is 54.6 Å². The molecule has 5 heterocycles. The molecule has 2 bridgehead atoms. The molecule has 0 spiro atoms. The molecule has 3 aromatic heterocycles. The molecule has 4 aliphatic rings. The molecule has 2 aliphatic heterocycles. The van der Waals surface area contributed by atoms with Crippen LogP contribution in [0.1, 0.15) is 25.7 Å². The largest absolute Gasteiger partial charge is 0.363 e. The van der Waals surface area contributed by atoms with E-state index < -0.39 is 6.17 Å². The Bertz CT molecular complexity index is 961. The molecule has 134 valence electrons. The van der Waals surface area contributed by atoms with Gasteiger partial charge in [0, 0.05) is 24.3 Å². The fourth-order valence-corrected chi connectivity index (χ4v) is 4.35. The van der Waals surface area contributed by atoms with Crippen LogP contribution in [0.3, 0.4) is 0 Å². The molecule has 2 saturated carbocycles. The zero-order valence-corrected chi connectivity index (χ0v) is 14.1. The Labute approximate surface area is 148 Å². The van der Waals surface area contributed by atoms with E-state index in [-0.39, 0.29) is 6.04 Å². The maximum atomic E-state index is 13.6. The summed E-state index contributed by atoms with van der Waals surface area (Å²) in [6.07, 6.45) is 8.38. The summed E-state index contributed by atoms with van der Waals surface area (Å²) in [6, 6.07) is 0.366. The lowest BCUT2D eigenvalue weighted by Crippen LogP contribution is -2.40. The van der Waals surface area contributed by atoms with Gasteiger partial charge in [-0.25, -0.2) is 9.37 Å². The number of nitrogens with one attached hydrogen (secondary N) is 2. The minimum Gasteiger partial charge on any atom is -0.363 e. The Morgan fingerprint density at radius 3 is 2.85 bits per heavy atom. The first kappa shape index (κ1) is 14.5. The summed E-state index contributed by atoms with van der Waals surface area (Å²) >= 11 is 0. The van der Waals surface area contributed by atoms with E-state index in [0.717, 1.165) is 41.5 Å². The van der Waals surface area contributed by atoms with E-state index in [2.05, 4.69) is 30.5 Å². The number of anilines is 2. The van der Waals surface area contributed by atoms with Crippen LogP contribution in [-0.2, 0) is 0 Å². The number of hydrogen-bond donors (Lipinski definition) is 2. The molecule has 0 radical (unpaired) electrons. The molecule has 3 aromatic rings. The predicted octanol–water partition coefficient (Wildman–Crippen LogP) is 2.03. The maximum absolute atomic E-state index is 13.6. The number of aromatic nitrogens is 6. The van der Waals surface area contributed by atoms with Crippen LogP contribution < -0.4 is 10.2 Å². The van der Waals surface area contributed by atoms with Crippen LogP contribution in [0.15, 0.2) is 18.7 Å². The van der Waals surface area contributed by atoms with Crippen molar-refractivity contribution in [2.75, 3.05) is 16.8 Å². The van der Waals surface area contributed by atoms with Gasteiger partial charge >= 0.3 is 0 Å². The fraction of sp³-hybridized carbons (Fsp3) is 0.529. The number of alkyl halides is 1. The second-order valence-electron chi connectivity index (χ2n) is 7.62. The van der Waals surface area contributed by atoms with Gasteiger partial charge in [-0.3, -0.25) is 5.10 Å². The third-order valence-electron chi connectivity index (χ3n) is 6.03.